The van der Waals surface area contributed by atoms with Crippen LogP contribution in [0.3, 0.4) is 0 Å². The summed E-state index contributed by atoms with van der Waals surface area (Å²) in [5, 5.41) is 15.5. The van der Waals surface area contributed by atoms with E-state index in [1.54, 1.807) is 6.20 Å². The molecule has 0 aromatic carbocycles. The lowest BCUT2D eigenvalue weighted by molar-refractivity contribution is 0.278. The summed E-state index contributed by atoms with van der Waals surface area (Å²) < 4.78 is 0. The van der Waals surface area contributed by atoms with Crippen molar-refractivity contribution in [3.63, 3.8) is 0 Å². The van der Waals surface area contributed by atoms with Gasteiger partial charge in [0.25, 0.3) is 0 Å². The van der Waals surface area contributed by atoms with Gasteiger partial charge in [0.15, 0.2) is 0 Å². The highest BCUT2D eigenvalue weighted by molar-refractivity contribution is 5.52. The molecule has 0 radical (unpaired) electrons. The second-order valence-electron chi connectivity index (χ2n) is 3.72. The molecule has 0 saturated heterocycles. The molecule has 3 N–H and O–H groups in total. The molecule has 1 unspecified atom stereocenters. The van der Waals surface area contributed by atoms with Crippen molar-refractivity contribution in [2.45, 2.75) is 32.7 Å². The molecule has 0 fully saturated rings. The SMILES string of the molecule is CCNc1cc(NC(CC)CCO)ccn1. The largest absolute Gasteiger partial charge is 0.396 e. The first-order chi connectivity index (χ1) is 7.80. The van der Waals surface area contributed by atoms with Crippen LogP contribution in [0.2, 0.25) is 0 Å². The molecule has 1 rings (SSSR count). The van der Waals surface area contributed by atoms with Gasteiger partial charge in [-0.05, 0) is 25.8 Å². The van der Waals surface area contributed by atoms with Crippen molar-refractivity contribution < 1.29 is 5.11 Å². The molecule has 1 aromatic heterocycles. The first kappa shape index (κ1) is 12.8. The smallest absolute Gasteiger partial charge is 0.127 e. The maximum Gasteiger partial charge on any atom is 0.127 e. The molecule has 1 aromatic rings. The summed E-state index contributed by atoms with van der Waals surface area (Å²) in [6.45, 7) is 5.24. The van der Waals surface area contributed by atoms with E-state index in [-0.39, 0.29) is 6.61 Å². The molecule has 0 bridgehead atoms. The van der Waals surface area contributed by atoms with Crippen molar-refractivity contribution in [3.05, 3.63) is 18.3 Å². The molecular weight excluding hydrogens is 202 g/mol. The molecule has 0 amide bonds. The average Bonchev–Trinajstić information content (AvgIpc) is 2.29. The molecule has 0 aliphatic heterocycles. The number of aliphatic hydroxyl groups is 1. The summed E-state index contributed by atoms with van der Waals surface area (Å²) in [6.07, 6.45) is 3.56. The van der Waals surface area contributed by atoms with Gasteiger partial charge in [0, 0.05) is 37.1 Å². The molecule has 1 heterocycles. The predicted molar refractivity (Wildman–Crippen MR) is 67.8 cm³/mol. The number of hydrogen-bond donors (Lipinski definition) is 3. The van der Waals surface area contributed by atoms with Crippen LogP contribution in [0.25, 0.3) is 0 Å². The van der Waals surface area contributed by atoms with Gasteiger partial charge in [-0.3, -0.25) is 0 Å². The zero-order chi connectivity index (χ0) is 11.8. The van der Waals surface area contributed by atoms with Gasteiger partial charge >= 0.3 is 0 Å². The zero-order valence-electron chi connectivity index (χ0n) is 10.0. The quantitative estimate of drug-likeness (QED) is 0.662. The minimum absolute atomic E-state index is 0.219. The fourth-order valence-corrected chi connectivity index (χ4v) is 1.57. The van der Waals surface area contributed by atoms with Crippen molar-refractivity contribution >= 4 is 11.5 Å². The minimum Gasteiger partial charge on any atom is -0.396 e. The van der Waals surface area contributed by atoms with Crippen LogP contribution < -0.4 is 10.6 Å². The second kappa shape index (κ2) is 7.06. The van der Waals surface area contributed by atoms with Crippen LogP contribution in [-0.4, -0.2) is 29.3 Å². The maximum atomic E-state index is 8.92. The van der Waals surface area contributed by atoms with Gasteiger partial charge in [-0.25, -0.2) is 4.98 Å². The Morgan fingerprint density at radius 1 is 1.44 bits per heavy atom. The third kappa shape index (κ3) is 4.06. The van der Waals surface area contributed by atoms with E-state index in [2.05, 4.69) is 22.5 Å². The molecule has 0 spiro atoms. The van der Waals surface area contributed by atoms with Crippen LogP contribution in [0.1, 0.15) is 26.7 Å². The Kier molecular flexibility index (Phi) is 5.64. The van der Waals surface area contributed by atoms with Crippen molar-refractivity contribution in [1.29, 1.82) is 0 Å². The minimum atomic E-state index is 0.219. The highest BCUT2D eigenvalue weighted by atomic mass is 16.3. The average molecular weight is 223 g/mol. The van der Waals surface area contributed by atoms with Gasteiger partial charge < -0.3 is 15.7 Å². The summed E-state index contributed by atoms with van der Waals surface area (Å²) in [4.78, 5) is 4.21. The fourth-order valence-electron chi connectivity index (χ4n) is 1.57. The third-order valence-corrected chi connectivity index (χ3v) is 2.46. The normalized spacial score (nSPS) is 12.2. The van der Waals surface area contributed by atoms with Gasteiger partial charge in [0.05, 0.1) is 0 Å². The van der Waals surface area contributed by atoms with Crippen molar-refractivity contribution in [3.8, 4) is 0 Å². The van der Waals surface area contributed by atoms with Crippen LogP contribution in [0.4, 0.5) is 11.5 Å². The molecule has 4 heteroatoms. The summed E-state index contributed by atoms with van der Waals surface area (Å²) in [5.41, 5.74) is 1.05. The molecule has 90 valence electrons. The van der Waals surface area contributed by atoms with E-state index >= 15 is 0 Å². The maximum absolute atomic E-state index is 8.92. The summed E-state index contributed by atoms with van der Waals surface area (Å²) in [6, 6.07) is 4.26. The van der Waals surface area contributed by atoms with Crippen LogP contribution in [0.15, 0.2) is 18.3 Å². The molecule has 0 aliphatic carbocycles. The Morgan fingerprint density at radius 2 is 2.25 bits per heavy atom. The lowest BCUT2D eigenvalue weighted by Crippen LogP contribution is -2.19. The van der Waals surface area contributed by atoms with Gasteiger partial charge in [0.1, 0.15) is 5.82 Å². The van der Waals surface area contributed by atoms with E-state index < -0.39 is 0 Å². The molecule has 0 aliphatic rings. The van der Waals surface area contributed by atoms with E-state index in [1.807, 2.05) is 19.1 Å². The second-order valence-corrected chi connectivity index (χ2v) is 3.72. The predicted octanol–water partition coefficient (Wildman–Crippen LogP) is 2.09. The van der Waals surface area contributed by atoms with Gasteiger partial charge in [0.2, 0.25) is 0 Å². The lowest BCUT2D eigenvalue weighted by Gasteiger charge is -2.17. The molecule has 1 atom stereocenters. The van der Waals surface area contributed by atoms with E-state index in [9.17, 15) is 0 Å². The zero-order valence-corrected chi connectivity index (χ0v) is 10.0. The number of aliphatic hydroxyl groups excluding tert-OH is 1. The number of pyridine rings is 1. The van der Waals surface area contributed by atoms with Gasteiger partial charge in [-0.15, -0.1) is 0 Å². The monoisotopic (exact) mass is 223 g/mol. The topological polar surface area (TPSA) is 57.2 Å². The summed E-state index contributed by atoms with van der Waals surface area (Å²) >= 11 is 0. The fraction of sp³-hybridized carbons (Fsp3) is 0.583. The van der Waals surface area contributed by atoms with Crippen LogP contribution in [-0.2, 0) is 0 Å². The highest BCUT2D eigenvalue weighted by Gasteiger charge is 2.05. The van der Waals surface area contributed by atoms with Crippen LogP contribution in [0.5, 0.6) is 0 Å². The molecular formula is C12H21N3O. The Hall–Kier alpha value is -1.29. The first-order valence-corrected chi connectivity index (χ1v) is 5.87. The Labute approximate surface area is 97.1 Å². The Morgan fingerprint density at radius 3 is 2.88 bits per heavy atom. The first-order valence-electron chi connectivity index (χ1n) is 5.87. The van der Waals surface area contributed by atoms with Crippen LogP contribution >= 0.6 is 0 Å². The number of nitrogens with one attached hydrogen (secondary N) is 2. The standard InChI is InChI=1S/C12H21N3O/c1-3-10(6-8-16)15-11-5-7-14-12(9-11)13-4-2/h5,7,9-10,16H,3-4,6,8H2,1-2H3,(H2,13,14,15). The lowest BCUT2D eigenvalue weighted by atomic mass is 10.1. The molecule has 4 nitrogen and oxygen atoms in total. The van der Waals surface area contributed by atoms with E-state index in [4.69, 9.17) is 5.11 Å². The number of anilines is 2. The molecule has 16 heavy (non-hydrogen) atoms. The summed E-state index contributed by atoms with van der Waals surface area (Å²) in [5.74, 6) is 0.881. The Bertz CT molecular complexity index is 304. The number of rotatable bonds is 7. The Balaban J connectivity index is 2.60. The van der Waals surface area contributed by atoms with Gasteiger partial charge in [-0.1, -0.05) is 6.92 Å². The van der Waals surface area contributed by atoms with E-state index in [0.29, 0.717) is 6.04 Å². The van der Waals surface area contributed by atoms with Gasteiger partial charge in [-0.2, -0.15) is 0 Å². The number of nitrogens with zero attached hydrogens (tertiary/aromatic N) is 1. The van der Waals surface area contributed by atoms with E-state index in [0.717, 1.165) is 30.9 Å². The summed E-state index contributed by atoms with van der Waals surface area (Å²) in [7, 11) is 0. The van der Waals surface area contributed by atoms with E-state index in [1.165, 1.54) is 0 Å². The third-order valence-electron chi connectivity index (χ3n) is 2.46. The highest BCUT2D eigenvalue weighted by Crippen LogP contribution is 2.14. The van der Waals surface area contributed by atoms with Crippen molar-refractivity contribution in [2.75, 3.05) is 23.8 Å². The number of hydrogen-bond acceptors (Lipinski definition) is 4. The molecule has 0 saturated carbocycles. The van der Waals surface area contributed by atoms with Crippen LogP contribution in [0, 0.1) is 0 Å². The van der Waals surface area contributed by atoms with Crippen molar-refractivity contribution in [1.82, 2.24) is 4.98 Å². The van der Waals surface area contributed by atoms with Crippen molar-refractivity contribution in [2.24, 2.45) is 0 Å². The number of aromatic nitrogens is 1.